The first kappa shape index (κ1) is 20.2. The maximum Gasteiger partial charge on any atom is 0.416 e. The first-order valence-electron chi connectivity index (χ1n) is 8.49. The molecule has 28 heavy (non-hydrogen) atoms. The van der Waals surface area contributed by atoms with Gasteiger partial charge in [0.15, 0.2) is 0 Å². The van der Waals surface area contributed by atoms with Crippen molar-refractivity contribution in [3.63, 3.8) is 0 Å². The summed E-state index contributed by atoms with van der Waals surface area (Å²) in [4.78, 5) is 12.6. The molecule has 2 N–H and O–H groups in total. The quantitative estimate of drug-likeness (QED) is 0.739. The van der Waals surface area contributed by atoms with E-state index in [1.165, 1.54) is 24.3 Å². The van der Waals surface area contributed by atoms with Gasteiger partial charge in [-0.05, 0) is 43.2 Å². The molecule has 0 bridgehead atoms. The lowest BCUT2D eigenvalue weighted by atomic mass is 10.2. The summed E-state index contributed by atoms with van der Waals surface area (Å²) >= 11 is 0. The average molecular weight is 413 g/mol. The van der Waals surface area contributed by atoms with Crippen molar-refractivity contribution in [3.05, 3.63) is 60.2 Å². The number of benzene rings is 2. The van der Waals surface area contributed by atoms with Gasteiger partial charge in [-0.2, -0.15) is 17.5 Å². The van der Waals surface area contributed by atoms with Gasteiger partial charge < -0.3 is 0 Å². The molecular formula is C18H18F3N3O3S. The van der Waals surface area contributed by atoms with E-state index < -0.39 is 33.7 Å². The third-order valence-corrected chi connectivity index (χ3v) is 6.30. The van der Waals surface area contributed by atoms with Crippen molar-refractivity contribution in [2.24, 2.45) is 0 Å². The van der Waals surface area contributed by atoms with Crippen LogP contribution >= 0.6 is 0 Å². The molecule has 0 aliphatic carbocycles. The van der Waals surface area contributed by atoms with E-state index >= 15 is 0 Å². The summed E-state index contributed by atoms with van der Waals surface area (Å²) in [5, 5.41) is 0. The first-order chi connectivity index (χ1) is 13.2. The first-order valence-corrected chi connectivity index (χ1v) is 9.93. The van der Waals surface area contributed by atoms with Crippen LogP contribution in [0.4, 0.5) is 18.9 Å². The fraction of sp³-hybridized carbons (Fsp3) is 0.278. The lowest BCUT2D eigenvalue weighted by Gasteiger charge is -2.23. The molecule has 1 atom stereocenters. The molecule has 1 aliphatic rings. The Balaban J connectivity index is 1.71. The zero-order valence-corrected chi connectivity index (χ0v) is 15.4. The second kappa shape index (κ2) is 7.80. The van der Waals surface area contributed by atoms with Gasteiger partial charge in [0.25, 0.3) is 5.91 Å². The van der Waals surface area contributed by atoms with Crippen molar-refractivity contribution in [2.45, 2.75) is 30.0 Å². The van der Waals surface area contributed by atoms with Gasteiger partial charge in [0, 0.05) is 6.54 Å². The lowest BCUT2D eigenvalue weighted by molar-refractivity contribution is -0.137. The van der Waals surface area contributed by atoms with Gasteiger partial charge in [-0.25, -0.2) is 8.42 Å². The normalized spacial score (nSPS) is 18.0. The third-order valence-electron chi connectivity index (χ3n) is 4.38. The Hall–Kier alpha value is -2.59. The molecule has 0 spiro atoms. The van der Waals surface area contributed by atoms with E-state index in [0.29, 0.717) is 12.8 Å². The number of nitrogens with zero attached hydrogens (tertiary/aromatic N) is 1. The molecule has 10 heteroatoms. The van der Waals surface area contributed by atoms with E-state index in [-0.39, 0.29) is 17.1 Å². The van der Waals surface area contributed by atoms with Crippen molar-refractivity contribution in [1.29, 1.82) is 0 Å². The molecule has 150 valence electrons. The molecule has 1 saturated heterocycles. The number of rotatable bonds is 5. The Morgan fingerprint density at radius 3 is 2.46 bits per heavy atom. The Bertz CT molecular complexity index is 949. The topological polar surface area (TPSA) is 78.5 Å². The summed E-state index contributed by atoms with van der Waals surface area (Å²) in [6, 6.07) is 11.2. The molecule has 6 nitrogen and oxygen atoms in total. The van der Waals surface area contributed by atoms with Crippen molar-refractivity contribution in [2.75, 3.05) is 12.0 Å². The second-order valence-corrected chi connectivity index (χ2v) is 8.17. The van der Waals surface area contributed by atoms with Gasteiger partial charge in [-0.3, -0.25) is 15.6 Å². The largest absolute Gasteiger partial charge is 0.416 e. The molecule has 1 fully saturated rings. The second-order valence-electron chi connectivity index (χ2n) is 6.28. The molecule has 2 aromatic carbocycles. The number of anilines is 1. The van der Waals surface area contributed by atoms with Crippen molar-refractivity contribution in [3.8, 4) is 0 Å². The minimum absolute atomic E-state index is 0.0404. The molecule has 3 rings (SSSR count). The van der Waals surface area contributed by atoms with Crippen LogP contribution in [0.2, 0.25) is 0 Å². The van der Waals surface area contributed by atoms with E-state index in [1.807, 2.05) is 0 Å². The van der Waals surface area contributed by atoms with Gasteiger partial charge in [0.1, 0.15) is 6.04 Å². The molecule has 1 aliphatic heterocycles. The van der Waals surface area contributed by atoms with E-state index in [9.17, 15) is 26.4 Å². The minimum Gasteiger partial charge on any atom is -0.299 e. The van der Waals surface area contributed by atoms with Crippen molar-refractivity contribution >= 4 is 21.6 Å². The number of halogens is 3. The smallest absolute Gasteiger partial charge is 0.299 e. The van der Waals surface area contributed by atoms with Crippen LogP contribution in [0.25, 0.3) is 0 Å². The third kappa shape index (κ3) is 4.28. The molecule has 2 aromatic rings. The Labute approximate surface area is 160 Å². The number of hydrazine groups is 1. The monoisotopic (exact) mass is 413 g/mol. The lowest BCUT2D eigenvalue weighted by Crippen LogP contribution is -2.47. The maximum absolute atomic E-state index is 12.8. The highest BCUT2D eigenvalue weighted by molar-refractivity contribution is 7.89. The SMILES string of the molecule is O=C(NNc1cccc(C(F)(F)F)c1)C1CCCN1S(=O)(=O)c1ccccc1. The number of nitrogens with one attached hydrogen (secondary N) is 2. The standard InChI is InChI=1S/C18H18F3N3O3S/c19-18(20,21)13-6-4-7-14(12-13)22-23-17(25)16-10-5-11-24(16)28(26,27)15-8-2-1-3-9-15/h1-4,6-9,12,16,22H,5,10-11H2,(H,23,25). The number of carbonyl (C=O) groups is 1. The predicted molar refractivity (Wildman–Crippen MR) is 96.6 cm³/mol. The van der Waals surface area contributed by atoms with Crippen molar-refractivity contribution < 1.29 is 26.4 Å². The van der Waals surface area contributed by atoms with E-state index in [1.54, 1.807) is 18.2 Å². The van der Waals surface area contributed by atoms with Crippen LogP contribution in [0.3, 0.4) is 0 Å². The molecule has 0 aromatic heterocycles. The summed E-state index contributed by atoms with van der Waals surface area (Å²) in [5.74, 6) is -0.630. The van der Waals surface area contributed by atoms with Crippen LogP contribution in [0.1, 0.15) is 18.4 Å². The molecule has 1 unspecified atom stereocenters. The zero-order valence-electron chi connectivity index (χ0n) is 14.6. The van der Waals surface area contributed by atoms with Crippen LogP contribution in [-0.4, -0.2) is 31.2 Å². The highest BCUT2D eigenvalue weighted by Crippen LogP contribution is 2.30. The van der Waals surface area contributed by atoms with Crippen LogP contribution in [0.5, 0.6) is 0 Å². The molecule has 0 saturated carbocycles. The van der Waals surface area contributed by atoms with Crippen LogP contribution in [0, 0.1) is 0 Å². The Kier molecular flexibility index (Phi) is 5.61. The molecular weight excluding hydrogens is 395 g/mol. The van der Waals surface area contributed by atoms with E-state index in [4.69, 9.17) is 0 Å². The summed E-state index contributed by atoms with van der Waals surface area (Å²) in [5.41, 5.74) is 3.92. The van der Waals surface area contributed by atoms with Gasteiger partial charge in [-0.1, -0.05) is 24.3 Å². The Morgan fingerprint density at radius 2 is 1.79 bits per heavy atom. The molecule has 0 radical (unpaired) electrons. The number of sulfonamides is 1. The fourth-order valence-corrected chi connectivity index (χ4v) is 4.69. The number of amides is 1. The predicted octanol–water partition coefficient (Wildman–Crippen LogP) is 3.00. The van der Waals surface area contributed by atoms with Crippen molar-refractivity contribution in [1.82, 2.24) is 9.73 Å². The number of alkyl halides is 3. The van der Waals surface area contributed by atoms with E-state index in [2.05, 4.69) is 10.9 Å². The van der Waals surface area contributed by atoms with Crippen LogP contribution in [0.15, 0.2) is 59.5 Å². The summed E-state index contributed by atoms with van der Waals surface area (Å²) in [6.45, 7) is 0.193. The average Bonchev–Trinajstić information content (AvgIpc) is 3.17. The summed E-state index contributed by atoms with van der Waals surface area (Å²) in [6.07, 6.45) is -3.68. The van der Waals surface area contributed by atoms with Crippen LogP contribution in [-0.2, 0) is 21.0 Å². The number of carbonyl (C=O) groups excluding carboxylic acids is 1. The summed E-state index contributed by atoms with van der Waals surface area (Å²) < 4.78 is 65.0. The maximum atomic E-state index is 12.8. The number of hydrogen-bond donors (Lipinski definition) is 2. The van der Waals surface area contributed by atoms with E-state index in [0.717, 1.165) is 16.4 Å². The van der Waals surface area contributed by atoms with Gasteiger partial charge in [0.05, 0.1) is 16.1 Å². The minimum atomic E-state index is -4.51. The van der Waals surface area contributed by atoms with Crippen LogP contribution < -0.4 is 10.9 Å². The fourth-order valence-electron chi connectivity index (χ4n) is 3.01. The molecule has 1 heterocycles. The summed E-state index contributed by atoms with van der Waals surface area (Å²) in [7, 11) is -3.85. The molecule has 1 amide bonds. The van der Waals surface area contributed by atoms with Gasteiger partial charge in [-0.15, -0.1) is 0 Å². The highest BCUT2D eigenvalue weighted by atomic mass is 32.2. The highest BCUT2D eigenvalue weighted by Gasteiger charge is 2.39. The number of hydrogen-bond acceptors (Lipinski definition) is 4. The van der Waals surface area contributed by atoms with Gasteiger partial charge >= 0.3 is 6.18 Å². The Morgan fingerprint density at radius 1 is 1.07 bits per heavy atom. The van der Waals surface area contributed by atoms with Gasteiger partial charge in [0.2, 0.25) is 10.0 Å². The zero-order chi connectivity index (χ0) is 20.4.